The van der Waals surface area contributed by atoms with Gasteiger partial charge in [0.1, 0.15) is 11.2 Å². The van der Waals surface area contributed by atoms with Gasteiger partial charge < -0.3 is 10.2 Å². The summed E-state index contributed by atoms with van der Waals surface area (Å²) in [5.41, 5.74) is -0.0630. The highest BCUT2D eigenvalue weighted by Gasteiger charge is 2.75. The SMILES string of the molecule is O=C1c2ccccc2[C@]2(O)[C@@H]1[C@H](c1ccccc1)[C@H](c1ccccc1)[C@]2(O)c1ccccc1. The normalized spacial score (nSPS) is 30.1. The summed E-state index contributed by atoms with van der Waals surface area (Å²) in [5, 5.41) is 25.4. The largest absolute Gasteiger partial charge is 0.381 e. The molecular formula is C30H24O3. The molecule has 0 saturated heterocycles. The third kappa shape index (κ3) is 2.55. The molecule has 2 N–H and O–H groups in total. The lowest BCUT2D eigenvalue weighted by Gasteiger charge is -2.42. The Morgan fingerprint density at radius 1 is 0.545 bits per heavy atom. The maximum atomic E-state index is 13.9. The number of benzene rings is 4. The maximum Gasteiger partial charge on any atom is 0.170 e. The molecule has 2 aliphatic rings. The lowest BCUT2D eigenvalue weighted by Crippen LogP contribution is -2.49. The minimum absolute atomic E-state index is 0.116. The zero-order valence-corrected chi connectivity index (χ0v) is 18.0. The van der Waals surface area contributed by atoms with E-state index in [1.54, 1.807) is 12.1 Å². The van der Waals surface area contributed by atoms with E-state index in [1.807, 2.05) is 103 Å². The second-order valence-electron chi connectivity index (χ2n) is 9.11. The first-order chi connectivity index (χ1) is 16.1. The minimum atomic E-state index is -1.77. The van der Waals surface area contributed by atoms with Crippen molar-refractivity contribution in [2.75, 3.05) is 0 Å². The van der Waals surface area contributed by atoms with Crippen molar-refractivity contribution in [1.82, 2.24) is 0 Å². The summed E-state index contributed by atoms with van der Waals surface area (Å²) in [6.07, 6.45) is 0. The Balaban J connectivity index is 1.73. The summed E-state index contributed by atoms with van der Waals surface area (Å²) in [7, 11) is 0. The van der Waals surface area contributed by atoms with Gasteiger partial charge in [0, 0.05) is 17.4 Å². The highest BCUT2D eigenvalue weighted by molar-refractivity contribution is 6.05. The van der Waals surface area contributed by atoms with Crippen LogP contribution in [0.5, 0.6) is 0 Å². The molecule has 162 valence electrons. The van der Waals surface area contributed by atoms with Crippen LogP contribution in [-0.4, -0.2) is 16.0 Å². The predicted molar refractivity (Wildman–Crippen MR) is 127 cm³/mol. The van der Waals surface area contributed by atoms with Gasteiger partial charge in [-0.2, -0.15) is 0 Å². The van der Waals surface area contributed by atoms with Gasteiger partial charge in [-0.15, -0.1) is 0 Å². The summed E-state index contributed by atoms with van der Waals surface area (Å²) in [6.45, 7) is 0. The Morgan fingerprint density at radius 2 is 1.06 bits per heavy atom. The number of aliphatic hydroxyl groups is 2. The van der Waals surface area contributed by atoms with Crippen molar-refractivity contribution in [3.8, 4) is 0 Å². The Kier molecular flexibility index (Phi) is 4.41. The molecule has 5 atom stereocenters. The smallest absolute Gasteiger partial charge is 0.170 e. The number of fused-ring (bicyclic) bond motifs is 3. The highest BCUT2D eigenvalue weighted by Crippen LogP contribution is 2.70. The number of rotatable bonds is 3. The molecule has 4 aromatic rings. The zero-order valence-electron chi connectivity index (χ0n) is 18.0. The average Bonchev–Trinajstić information content (AvgIpc) is 3.24. The number of carbonyl (C=O) groups is 1. The number of carbonyl (C=O) groups excluding carboxylic acids is 1. The molecule has 1 fully saturated rings. The molecule has 3 heteroatoms. The van der Waals surface area contributed by atoms with Gasteiger partial charge in [0.05, 0.1) is 5.92 Å². The van der Waals surface area contributed by atoms with Crippen LogP contribution in [0.25, 0.3) is 0 Å². The van der Waals surface area contributed by atoms with Crippen molar-refractivity contribution in [1.29, 1.82) is 0 Å². The fourth-order valence-electron chi connectivity index (χ4n) is 6.37. The van der Waals surface area contributed by atoms with Crippen molar-refractivity contribution >= 4 is 5.78 Å². The Labute approximate surface area is 193 Å². The van der Waals surface area contributed by atoms with E-state index in [4.69, 9.17) is 0 Å². The van der Waals surface area contributed by atoms with Gasteiger partial charge in [-0.1, -0.05) is 115 Å². The fraction of sp³-hybridized carbons (Fsp3) is 0.167. The van der Waals surface area contributed by atoms with E-state index in [9.17, 15) is 15.0 Å². The van der Waals surface area contributed by atoms with Crippen molar-refractivity contribution in [3.63, 3.8) is 0 Å². The summed E-state index contributed by atoms with van der Waals surface area (Å²) < 4.78 is 0. The van der Waals surface area contributed by atoms with E-state index in [2.05, 4.69) is 0 Å². The van der Waals surface area contributed by atoms with E-state index >= 15 is 0 Å². The first-order valence-electron chi connectivity index (χ1n) is 11.3. The number of Topliss-reactive ketones (excluding diaryl/α,β-unsaturated/α-hetero) is 1. The second kappa shape index (κ2) is 7.24. The van der Waals surface area contributed by atoms with Gasteiger partial charge in [-0.25, -0.2) is 0 Å². The molecule has 0 bridgehead atoms. The molecule has 0 aromatic heterocycles. The van der Waals surface area contributed by atoms with Gasteiger partial charge in [0.15, 0.2) is 5.78 Å². The van der Waals surface area contributed by atoms with Crippen LogP contribution in [0.2, 0.25) is 0 Å². The summed E-state index contributed by atoms with van der Waals surface area (Å²) in [4.78, 5) is 13.9. The molecular weight excluding hydrogens is 408 g/mol. The molecule has 3 nitrogen and oxygen atoms in total. The number of hydrogen-bond acceptors (Lipinski definition) is 3. The molecule has 0 amide bonds. The zero-order chi connectivity index (χ0) is 22.6. The van der Waals surface area contributed by atoms with E-state index in [0.29, 0.717) is 16.7 Å². The summed E-state index contributed by atoms with van der Waals surface area (Å²) in [5.74, 6) is -1.87. The van der Waals surface area contributed by atoms with Crippen LogP contribution in [0.15, 0.2) is 115 Å². The van der Waals surface area contributed by atoms with Crippen LogP contribution in [0, 0.1) is 5.92 Å². The monoisotopic (exact) mass is 432 g/mol. The highest BCUT2D eigenvalue weighted by atomic mass is 16.4. The first kappa shape index (κ1) is 20.1. The molecule has 0 unspecified atom stereocenters. The molecule has 0 heterocycles. The van der Waals surface area contributed by atoms with E-state index in [1.165, 1.54) is 0 Å². The van der Waals surface area contributed by atoms with Crippen molar-refractivity contribution < 1.29 is 15.0 Å². The quantitative estimate of drug-likeness (QED) is 0.470. The van der Waals surface area contributed by atoms with Gasteiger partial charge >= 0.3 is 0 Å². The van der Waals surface area contributed by atoms with Crippen molar-refractivity contribution in [2.24, 2.45) is 5.92 Å². The van der Waals surface area contributed by atoms with Gasteiger partial charge in [0.25, 0.3) is 0 Å². The number of hydrogen-bond donors (Lipinski definition) is 2. The molecule has 33 heavy (non-hydrogen) atoms. The molecule has 0 aliphatic heterocycles. The minimum Gasteiger partial charge on any atom is -0.381 e. The average molecular weight is 433 g/mol. The lowest BCUT2D eigenvalue weighted by molar-refractivity contribution is -0.159. The van der Waals surface area contributed by atoms with Crippen LogP contribution >= 0.6 is 0 Å². The van der Waals surface area contributed by atoms with Crippen molar-refractivity contribution in [3.05, 3.63) is 143 Å². The maximum absolute atomic E-state index is 13.9. The molecule has 6 rings (SSSR count). The van der Waals surface area contributed by atoms with Crippen LogP contribution in [-0.2, 0) is 11.2 Å². The topological polar surface area (TPSA) is 57.5 Å². The molecule has 0 spiro atoms. The lowest BCUT2D eigenvalue weighted by atomic mass is 9.69. The Morgan fingerprint density at radius 3 is 1.70 bits per heavy atom. The summed E-state index contributed by atoms with van der Waals surface area (Å²) in [6, 6.07) is 36.1. The Hall–Kier alpha value is -3.53. The standard InChI is InChI=1S/C30H24O3/c31-28-23-18-10-11-19-24(23)30(33)27(28)25(20-12-4-1-5-13-20)26(21-14-6-2-7-15-21)29(30,32)22-16-8-3-9-17-22/h1-19,25-27,32-33H/t25-,26+,27-,29-,30+/m1/s1. The van der Waals surface area contributed by atoms with E-state index in [-0.39, 0.29) is 5.78 Å². The molecule has 2 aliphatic carbocycles. The molecule has 0 radical (unpaired) electrons. The third-order valence-corrected chi connectivity index (χ3v) is 7.64. The number of ketones is 1. The Bertz CT molecular complexity index is 1320. The van der Waals surface area contributed by atoms with Crippen LogP contribution in [0.1, 0.15) is 44.4 Å². The molecule has 1 saturated carbocycles. The second-order valence-corrected chi connectivity index (χ2v) is 9.11. The fourth-order valence-corrected chi connectivity index (χ4v) is 6.37. The van der Waals surface area contributed by atoms with Gasteiger partial charge in [0.2, 0.25) is 0 Å². The van der Waals surface area contributed by atoms with E-state index in [0.717, 1.165) is 11.1 Å². The summed E-state index contributed by atoms with van der Waals surface area (Å²) >= 11 is 0. The van der Waals surface area contributed by atoms with Crippen LogP contribution < -0.4 is 0 Å². The van der Waals surface area contributed by atoms with Gasteiger partial charge in [-0.05, 0) is 22.3 Å². The van der Waals surface area contributed by atoms with E-state index < -0.39 is 29.0 Å². The first-order valence-corrected chi connectivity index (χ1v) is 11.3. The van der Waals surface area contributed by atoms with Gasteiger partial charge in [-0.3, -0.25) is 4.79 Å². The third-order valence-electron chi connectivity index (χ3n) is 7.64. The predicted octanol–water partition coefficient (Wildman–Crippen LogP) is 5.16. The van der Waals surface area contributed by atoms with Crippen molar-refractivity contribution in [2.45, 2.75) is 23.0 Å². The molecule has 4 aromatic carbocycles. The van der Waals surface area contributed by atoms with Crippen LogP contribution in [0.3, 0.4) is 0 Å². The van der Waals surface area contributed by atoms with Crippen LogP contribution in [0.4, 0.5) is 0 Å².